The second-order valence-electron chi connectivity index (χ2n) is 4.48. The zero-order chi connectivity index (χ0) is 12.4. The normalized spacial score (nSPS) is 10.9. The third-order valence-corrected chi connectivity index (χ3v) is 3.32. The molecule has 1 aromatic heterocycles. The summed E-state index contributed by atoms with van der Waals surface area (Å²) >= 11 is 0. The molecule has 0 fully saturated rings. The van der Waals surface area contributed by atoms with Crippen molar-refractivity contribution < 1.29 is 0 Å². The molecule has 0 bridgehead atoms. The molecular formula is C16H16N2. The van der Waals surface area contributed by atoms with Crippen molar-refractivity contribution >= 4 is 10.9 Å². The number of nitrogens with zero attached hydrogens (tertiary/aromatic N) is 1. The Labute approximate surface area is 107 Å². The summed E-state index contributed by atoms with van der Waals surface area (Å²) in [5.74, 6) is 0. The number of fused-ring (bicyclic) bond motifs is 1. The Bertz CT molecular complexity index is 653. The van der Waals surface area contributed by atoms with E-state index in [1.165, 1.54) is 22.0 Å². The van der Waals surface area contributed by atoms with Gasteiger partial charge in [0.15, 0.2) is 0 Å². The smallest absolute Gasteiger partial charge is 0.0486 e. The first kappa shape index (κ1) is 11.1. The molecule has 0 atom stereocenters. The molecule has 0 saturated heterocycles. The van der Waals surface area contributed by atoms with Crippen molar-refractivity contribution in [3.63, 3.8) is 0 Å². The fourth-order valence-electron chi connectivity index (χ4n) is 2.38. The molecule has 3 rings (SSSR count). The van der Waals surface area contributed by atoms with Crippen LogP contribution in [-0.2, 0) is 13.1 Å². The molecule has 0 amide bonds. The Balaban J connectivity index is 2.03. The lowest BCUT2D eigenvalue weighted by Gasteiger charge is -2.06. The minimum Gasteiger partial charge on any atom is -0.343 e. The number of nitrogens with two attached hydrogens (primary N) is 1. The monoisotopic (exact) mass is 236 g/mol. The molecule has 0 spiro atoms. The highest BCUT2D eigenvalue weighted by Gasteiger charge is 2.04. The van der Waals surface area contributed by atoms with Gasteiger partial charge < -0.3 is 10.3 Å². The maximum absolute atomic E-state index is 5.77. The Hall–Kier alpha value is -2.06. The highest BCUT2D eigenvalue weighted by molar-refractivity contribution is 5.83. The topological polar surface area (TPSA) is 30.9 Å². The average molecular weight is 236 g/mol. The van der Waals surface area contributed by atoms with Crippen LogP contribution in [0.4, 0.5) is 0 Å². The molecule has 0 radical (unpaired) electrons. The fraction of sp³-hybridized carbons (Fsp3) is 0.125. The largest absolute Gasteiger partial charge is 0.343 e. The van der Waals surface area contributed by atoms with E-state index in [0.717, 1.165) is 6.54 Å². The van der Waals surface area contributed by atoms with E-state index in [0.29, 0.717) is 6.54 Å². The standard InChI is InChI=1S/C16H16N2/c17-11-14-7-4-8-16-15(14)9-10-18(16)12-13-5-2-1-3-6-13/h1-10H,11-12,17H2. The molecule has 1 heterocycles. The molecule has 2 nitrogen and oxygen atoms in total. The van der Waals surface area contributed by atoms with Crippen LogP contribution < -0.4 is 5.73 Å². The zero-order valence-electron chi connectivity index (χ0n) is 10.2. The van der Waals surface area contributed by atoms with Crippen molar-refractivity contribution in [2.24, 2.45) is 5.73 Å². The van der Waals surface area contributed by atoms with Crippen LogP contribution in [0.3, 0.4) is 0 Å². The van der Waals surface area contributed by atoms with Crippen LogP contribution in [0, 0.1) is 0 Å². The molecule has 2 aromatic carbocycles. The average Bonchev–Trinajstić information content (AvgIpc) is 2.83. The number of hydrogen-bond acceptors (Lipinski definition) is 1. The van der Waals surface area contributed by atoms with Gasteiger partial charge in [0.25, 0.3) is 0 Å². The molecule has 0 unspecified atom stereocenters. The van der Waals surface area contributed by atoms with Gasteiger partial charge in [-0.3, -0.25) is 0 Å². The summed E-state index contributed by atoms with van der Waals surface area (Å²) in [6.07, 6.45) is 2.14. The quantitative estimate of drug-likeness (QED) is 0.744. The maximum Gasteiger partial charge on any atom is 0.0486 e. The van der Waals surface area contributed by atoms with Gasteiger partial charge in [-0.2, -0.15) is 0 Å². The first-order chi connectivity index (χ1) is 8.88. The van der Waals surface area contributed by atoms with E-state index in [-0.39, 0.29) is 0 Å². The van der Waals surface area contributed by atoms with Crippen molar-refractivity contribution in [3.05, 3.63) is 71.9 Å². The highest BCUT2D eigenvalue weighted by atomic mass is 14.9. The Morgan fingerprint density at radius 2 is 1.72 bits per heavy atom. The van der Waals surface area contributed by atoms with Crippen LogP contribution in [0.15, 0.2) is 60.8 Å². The number of aromatic nitrogens is 1. The highest BCUT2D eigenvalue weighted by Crippen LogP contribution is 2.20. The van der Waals surface area contributed by atoms with Crippen molar-refractivity contribution in [3.8, 4) is 0 Å². The van der Waals surface area contributed by atoms with Gasteiger partial charge in [0.1, 0.15) is 0 Å². The second-order valence-corrected chi connectivity index (χ2v) is 4.48. The van der Waals surface area contributed by atoms with Crippen molar-refractivity contribution in [2.45, 2.75) is 13.1 Å². The van der Waals surface area contributed by atoms with Gasteiger partial charge >= 0.3 is 0 Å². The van der Waals surface area contributed by atoms with Crippen LogP contribution in [-0.4, -0.2) is 4.57 Å². The summed E-state index contributed by atoms with van der Waals surface area (Å²) < 4.78 is 2.27. The van der Waals surface area contributed by atoms with E-state index in [1.807, 2.05) is 6.07 Å². The van der Waals surface area contributed by atoms with Gasteiger partial charge in [0.2, 0.25) is 0 Å². The van der Waals surface area contributed by atoms with Gasteiger partial charge in [-0.05, 0) is 23.3 Å². The number of benzene rings is 2. The van der Waals surface area contributed by atoms with Gasteiger partial charge in [-0.15, -0.1) is 0 Å². The molecule has 0 aliphatic carbocycles. The van der Waals surface area contributed by atoms with Gasteiger partial charge in [-0.1, -0.05) is 42.5 Å². The molecule has 0 aliphatic heterocycles. The predicted octanol–water partition coefficient (Wildman–Crippen LogP) is 3.15. The third kappa shape index (κ3) is 1.91. The Morgan fingerprint density at radius 3 is 2.50 bits per heavy atom. The third-order valence-electron chi connectivity index (χ3n) is 3.32. The van der Waals surface area contributed by atoms with Crippen molar-refractivity contribution in [1.29, 1.82) is 0 Å². The molecule has 0 saturated carbocycles. The lowest BCUT2D eigenvalue weighted by Crippen LogP contribution is -1.99. The molecule has 3 aromatic rings. The van der Waals surface area contributed by atoms with Crippen LogP contribution in [0.1, 0.15) is 11.1 Å². The van der Waals surface area contributed by atoms with Crippen LogP contribution in [0.2, 0.25) is 0 Å². The van der Waals surface area contributed by atoms with E-state index in [2.05, 4.69) is 59.3 Å². The lowest BCUT2D eigenvalue weighted by atomic mass is 10.1. The van der Waals surface area contributed by atoms with E-state index >= 15 is 0 Å². The molecule has 2 N–H and O–H groups in total. The summed E-state index contributed by atoms with van der Waals surface area (Å²) in [6.45, 7) is 1.49. The van der Waals surface area contributed by atoms with Crippen LogP contribution in [0.25, 0.3) is 10.9 Å². The summed E-state index contributed by atoms with van der Waals surface area (Å²) in [5, 5.41) is 1.26. The Morgan fingerprint density at radius 1 is 0.889 bits per heavy atom. The molecule has 90 valence electrons. The summed E-state index contributed by atoms with van der Waals surface area (Å²) in [7, 11) is 0. The lowest BCUT2D eigenvalue weighted by molar-refractivity contribution is 0.837. The van der Waals surface area contributed by atoms with Crippen molar-refractivity contribution in [1.82, 2.24) is 4.57 Å². The van der Waals surface area contributed by atoms with E-state index in [9.17, 15) is 0 Å². The SMILES string of the molecule is NCc1cccc2c1ccn2Cc1ccccc1. The molecule has 2 heteroatoms. The van der Waals surface area contributed by atoms with Gasteiger partial charge in [0, 0.05) is 30.2 Å². The van der Waals surface area contributed by atoms with Crippen LogP contribution in [0.5, 0.6) is 0 Å². The van der Waals surface area contributed by atoms with Crippen LogP contribution >= 0.6 is 0 Å². The number of hydrogen-bond donors (Lipinski definition) is 1. The minimum atomic E-state index is 0.590. The first-order valence-corrected chi connectivity index (χ1v) is 6.19. The predicted molar refractivity (Wildman–Crippen MR) is 75.4 cm³/mol. The molecular weight excluding hydrogens is 220 g/mol. The summed E-state index contributed by atoms with van der Waals surface area (Å²) in [4.78, 5) is 0. The van der Waals surface area contributed by atoms with Gasteiger partial charge in [0.05, 0.1) is 0 Å². The second kappa shape index (κ2) is 4.67. The van der Waals surface area contributed by atoms with Crippen molar-refractivity contribution in [2.75, 3.05) is 0 Å². The fourth-order valence-corrected chi connectivity index (χ4v) is 2.38. The number of rotatable bonds is 3. The Kier molecular flexibility index (Phi) is 2.87. The minimum absolute atomic E-state index is 0.590. The van der Waals surface area contributed by atoms with E-state index in [1.54, 1.807) is 0 Å². The first-order valence-electron chi connectivity index (χ1n) is 6.19. The molecule has 18 heavy (non-hydrogen) atoms. The maximum atomic E-state index is 5.77. The summed E-state index contributed by atoms with van der Waals surface area (Å²) in [6, 6.07) is 19.0. The van der Waals surface area contributed by atoms with Gasteiger partial charge in [-0.25, -0.2) is 0 Å². The molecule has 0 aliphatic rings. The van der Waals surface area contributed by atoms with E-state index < -0.39 is 0 Å². The van der Waals surface area contributed by atoms with E-state index in [4.69, 9.17) is 5.73 Å². The zero-order valence-corrected chi connectivity index (χ0v) is 10.2. The summed E-state index contributed by atoms with van der Waals surface area (Å²) in [5.41, 5.74) is 9.54.